The lowest BCUT2D eigenvalue weighted by atomic mass is 10.1. The highest BCUT2D eigenvalue weighted by molar-refractivity contribution is 7.89. The lowest BCUT2D eigenvalue weighted by Crippen LogP contribution is -2.14. The fraction of sp³-hybridized carbons (Fsp3) is 0.182. The Morgan fingerprint density at radius 2 is 1.83 bits per heavy atom. The molecule has 4 aromatic rings. The number of anilines is 1. The maximum absolute atomic E-state index is 13.1. The van der Waals surface area contributed by atoms with Gasteiger partial charge in [0.1, 0.15) is 0 Å². The van der Waals surface area contributed by atoms with E-state index in [0.29, 0.717) is 17.2 Å². The molecule has 0 atom stereocenters. The molecule has 188 valence electrons. The Morgan fingerprint density at radius 3 is 2.47 bits per heavy atom. The van der Waals surface area contributed by atoms with E-state index >= 15 is 0 Å². The van der Waals surface area contributed by atoms with Gasteiger partial charge < -0.3 is 0 Å². The number of aromatic nitrogens is 4. The second kappa shape index (κ2) is 9.44. The Balaban J connectivity index is 1.50. The number of amides is 1. The molecule has 4 rings (SSSR count). The number of carbonyl (C=O) groups is 1. The van der Waals surface area contributed by atoms with Gasteiger partial charge in [0.05, 0.1) is 27.5 Å². The molecule has 2 heterocycles. The Morgan fingerprint density at radius 1 is 1.14 bits per heavy atom. The molecule has 0 saturated carbocycles. The zero-order valence-corrected chi connectivity index (χ0v) is 20.5. The molecular formula is C22H19F3N6O3S2. The summed E-state index contributed by atoms with van der Waals surface area (Å²) >= 11 is 1.23. The fourth-order valence-electron chi connectivity index (χ4n) is 3.38. The van der Waals surface area contributed by atoms with Crippen molar-refractivity contribution in [2.75, 3.05) is 5.32 Å². The van der Waals surface area contributed by atoms with Crippen molar-refractivity contribution in [1.29, 1.82) is 0 Å². The first-order valence-electron chi connectivity index (χ1n) is 10.3. The number of hydrogen-bond donors (Lipinski definition) is 2. The molecule has 0 aliphatic heterocycles. The molecule has 0 radical (unpaired) electrons. The Bertz CT molecular complexity index is 1540. The van der Waals surface area contributed by atoms with Gasteiger partial charge in [-0.05, 0) is 49.7 Å². The lowest BCUT2D eigenvalue weighted by Gasteiger charge is -2.09. The molecule has 0 fully saturated rings. The number of alkyl halides is 3. The average Bonchev–Trinajstić information content (AvgIpc) is 3.35. The zero-order chi connectivity index (χ0) is 26.3. The summed E-state index contributed by atoms with van der Waals surface area (Å²) in [6, 6.07) is 10.7. The minimum absolute atomic E-state index is 0.00813. The summed E-state index contributed by atoms with van der Waals surface area (Å²) in [6.45, 7) is 3.30. The van der Waals surface area contributed by atoms with Crippen LogP contribution >= 0.6 is 11.3 Å². The number of hydrogen-bond acceptors (Lipinski definition) is 7. The van der Waals surface area contributed by atoms with Crippen LogP contribution in [-0.2, 0) is 22.6 Å². The van der Waals surface area contributed by atoms with Crippen LogP contribution in [0.25, 0.3) is 5.69 Å². The third-order valence-corrected chi connectivity index (χ3v) is 7.26. The first-order chi connectivity index (χ1) is 16.8. The van der Waals surface area contributed by atoms with E-state index in [-0.39, 0.29) is 22.0 Å². The van der Waals surface area contributed by atoms with E-state index in [1.165, 1.54) is 42.5 Å². The van der Waals surface area contributed by atoms with Crippen LogP contribution in [0.4, 0.5) is 18.3 Å². The van der Waals surface area contributed by atoms with Crippen molar-refractivity contribution in [2.45, 2.75) is 31.3 Å². The number of halogens is 3. The molecule has 0 saturated heterocycles. The van der Waals surface area contributed by atoms with Crippen LogP contribution in [0.15, 0.2) is 53.4 Å². The zero-order valence-electron chi connectivity index (χ0n) is 18.9. The van der Waals surface area contributed by atoms with Gasteiger partial charge in [-0.25, -0.2) is 23.2 Å². The van der Waals surface area contributed by atoms with Crippen LogP contribution in [0, 0.1) is 13.8 Å². The van der Waals surface area contributed by atoms with Crippen molar-refractivity contribution < 1.29 is 26.4 Å². The van der Waals surface area contributed by atoms with E-state index in [2.05, 4.69) is 20.6 Å². The Labute approximate surface area is 207 Å². The van der Waals surface area contributed by atoms with Crippen LogP contribution in [0.3, 0.4) is 0 Å². The molecule has 2 aromatic heterocycles. The normalized spacial score (nSPS) is 12.1. The number of benzene rings is 2. The van der Waals surface area contributed by atoms with Crippen LogP contribution in [0.5, 0.6) is 0 Å². The first-order valence-corrected chi connectivity index (χ1v) is 12.7. The lowest BCUT2D eigenvalue weighted by molar-refractivity contribution is -0.137. The summed E-state index contributed by atoms with van der Waals surface area (Å²) < 4.78 is 63.1. The van der Waals surface area contributed by atoms with E-state index in [0.717, 1.165) is 27.3 Å². The highest BCUT2D eigenvalue weighted by Crippen LogP contribution is 2.31. The van der Waals surface area contributed by atoms with Gasteiger partial charge in [0.25, 0.3) is 5.91 Å². The largest absolute Gasteiger partial charge is 0.416 e. The molecule has 9 nitrogen and oxygen atoms in total. The average molecular weight is 537 g/mol. The van der Waals surface area contributed by atoms with Crippen LogP contribution in [0.1, 0.15) is 37.9 Å². The third kappa shape index (κ3) is 5.45. The molecule has 0 bridgehead atoms. The highest BCUT2D eigenvalue weighted by atomic mass is 32.2. The number of nitrogens with one attached hydrogen (secondary N) is 1. The van der Waals surface area contributed by atoms with Crippen molar-refractivity contribution in [1.82, 2.24) is 20.0 Å². The second-order valence-corrected chi connectivity index (χ2v) is 10.5. The highest BCUT2D eigenvalue weighted by Gasteiger charge is 2.31. The number of sulfonamides is 1. The Hall–Kier alpha value is -3.62. The number of rotatable bonds is 6. The van der Waals surface area contributed by atoms with E-state index in [9.17, 15) is 26.4 Å². The predicted octanol–water partition coefficient (Wildman–Crippen LogP) is 3.85. The quantitative estimate of drug-likeness (QED) is 0.385. The van der Waals surface area contributed by atoms with Crippen molar-refractivity contribution in [3.8, 4) is 5.69 Å². The standard InChI is InChI=1S/C22H19F3N6O3S2/c1-12-18(10-14-6-8-17(9-7-14)36(26,33)34)35-21(27-12)28-20(32)19-13(2)31(30-29-19)16-5-3-4-15(11-16)22(23,24)25/h3-9,11H,10H2,1-2H3,(H2,26,33,34)(H,27,28,32). The summed E-state index contributed by atoms with van der Waals surface area (Å²) in [5, 5.41) is 15.8. The van der Waals surface area contributed by atoms with Crippen molar-refractivity contribution in [3.05, 3.63) is 81.6 Å². The number of primary sulfonamides is 1. The molecule has 2 aromatic carbocycles. The first kappa shape index (κ1) is 25.5. The van der Waals surface area contributed by atoms with Crippen LogP contribution < -0.4 is 10.5 Å². The van der Waals surface area contributed by atoms with Gasteiger partial charge in [0.2, 0.25) is 10.0 Å². The van der Waals surface area contributed by atoms with Crippen molar-refractivity contribution in [2.24, 2.45) is 5.14 Å². The third-order valence-electron chi connectivity index (χ3n) is 5.26. The molecule has 14 heteroatoms. The van der Waals surface area contributed by atoms with Gasteiger partial charge in [-0.1, -0.05) is 23.4 Å². The van der Waals surface area contributed by atoms with Crippen molar-refractivity contribution in [3.63, 3.8) is 0 Å². The predicted molar refractivity (Wildman–Crippen MR) is 127 cm³/mol. The molecule has 1 amide bonds. The summed E-state index contributed by atoms with van der Waals surface area (Å²) in [5.41, 5.74) is 0.985. The Kier molecular flexibility index (Phi) is 6.68. The number of nitrogens with two attached hydrogens (primary N) is 1. The van der Waals surface area contributed by atoms with Gasteiger partial charge in [-0.15, -0.1) is 16.4 Å². The topological polar surface area (TPSA) is 133 Å². The van der Waals surface area contributed by atoms with E-state index < -0.39 is 27.7 Å². The molecule has 0 aliphatic rings. The minimum Gasteiger partial charge on any atom is -0.296 e. The molecule has 0 spiro atoms. The second-order valence-electron chi connectivity index (χ2n) is 7.83. The molecule has 3 N–H and O–H groups in total. The number of nitrogens with zero attached hydrogens (tertiary/aromatic N) is 4. The van der Waals surface area contributed by atoms with Gasteiger partial charge in [0, 0.05) is 11.3 Å². The van der Waals surface area contributed by atoms with Crippen LogP contribution in [0.2, 0.25) is 0 Å². The number of carbonyl (C=O) groups excluding carboxylic acids is 1. The van der Waals surface area contributed by atoms with Crippen molar-refractivity contribution >= 4 is 32.4 Å². The summed E-state index contributed by atoms with van der Waals surface area (Å²) in [5.74, 6) is -0.608. The van der Waals surface area contributed by atoms with Gasteiger partial charge in [-0.2, -0.15) is 13.2 Å². The van der Waals surface area contributed by atoms with Gasteiger partial charge >= 0.3 is 6.18 Å². The van der Waals surface area contributed by atoms with Crippen LogP contribution in [-0.4, -0.2) is 34.3 Å². The SMILES string of the molecule is Cc1nc(NC(=O)c2nnn(-c3cccc(C(F)(F)F)c3)c2C)sc1Cc1ccc(S(N)(=O)=O)cc1. The van der Waals surface area contributed by atoms with E-state index in [4.69, 9.17) is 5.14 Å². The maximum atomic E-state index is 13.1. The van der Waals surface area contributed by atoms with Gasteiger partial charge in [-0.3, -0.25) is 10.1 Å². The number of aryl methyl sites for hydroxylation is 1. The van der Waals surface area contributed by atoms with Gasteiger partial charge in [0.15, 0.2) is 10.8 Å². The molecule has 0 unspecified atom stereocenters. The molecule has 36 heavy (non-hydrogen) atoms. The number of thiazole rings is 1. The van der Waals surface area contributed by atoms with E-state index in [1.807, 2.05) is 0 Å². The summed E-state index contributed by atoms with van der Waals surface area (Å²) in [6.07, 6.45) is -4.07. The monoisotopic (exact) mass is 536 g/mol. The molecule has 0 aliphatic carbocycles. The smallest absolute Gasteiger partial charge is 0.296 e. The minimum atomic E-state index is -4.52. The maximum Gasteiger partial charge on any atom is 0.416 e. The molecular weight excluding hydrogens is 517 g/mol. The summed E-state index contributed by atoms with van der Waals surface area (Å²) in [7, 11) is -3.78. The summed E-state index contributed by atoms with van der Waals surface area (Å²) in [4.78, 5) is 18.0. The fourth-order valence-corrected chi connectivity index (χ4v) is 4.89. The van der Waals surface area contributed by atoms with E-state index in [1.54, 1.807) is 19.1 Å².